The van der Waals surface area contributed by atoms with Gasteiger partial charge in [0.2, 0.25) is 5.69 Å². The van der Waals surface area contributed by atoms with Crippen molar-refractivity contribution < 1.29 is 58.1 Å². The van der Waals surface area contributed by atoms with Crippen LogP contribution in [0.5, 0.6) is 5.75 Å². The molecule has 1 unspecified atom stereocenters. The van der Waals surface area contributed by atoms with E-state index in [1.807, 2.05) is 49.1 Å². The van der Waals surface area contributed by atoms with E-state index >= 15 is 0 Å². The van der Waals surface area contributed by atoms with Gasteiger partial charge in [0, 0.05) is 65.3 Å². The summed E-state index contributed by atoms with van der Waals surface area (Å²) in [5.74, 6) is 0.281. The van der Waals surface area contributed by atoms with Crippen LogP contribution in [0, 0.1) is 0 Å². The second kappa shape index (κ2) is 20.0. The van der Waals surface area contributed by atoms with Gasteiger partial charge in [-0.3, -0.25) is 13.7 Å². The zero-order chi connectivity index (χ0) is 43.9. The summed E-state index contributed by atoms with van der Waals surface area (Å²) in [5, 5.41) is 12.4. The Morgan fingerprint density at radius 1 is 0.933 bits per heavy atom. The van der Waals surface area contributed by atoms with Crippen molar-refractivity contribution in [1.29, 1.82) is 0 Å². The molecule has 326 valence electrons. The van der Waals surface area contributed by atoms with Gasteiger partial charge < -0.3 is 9.08 Å². The van der Waals surface area contributed by atoms with Crippen LogP contribution >= 0.6 is 12.0 Å². The summed E-state index contributed by atoms with van der Waals surface area (Å²) in [6.07, 6.45) is 12.8. The van der Waals surface area contributed by atoms with Crippen LogP contribution in [0.1, 0.15) is 89.0 Å². The molecular formula is C42H53N2O12S4+. The smallest absolute Gasteiger partial charge is 0.357 e. The van der Waals surface area contributed by atoms with Crippen LogP contribution in [-0.4, -0.2) is 74.8 Å². The van der Waals surface area contributed by atoms with E-state index in [-0.39, 0.29) is 23.6 Å². The number of rotatable bonds is 21. The van der Waals surface area contributed by atoms with Gasteiger partial charge in [-0.05, 0) is 97.9 Å². The van der Waals surface area contributed by atoms with Crippen LogP contribution in [-0.2, 0) is 58.2 Å². The van der Waals surface area contributed by atoms with E-state index in [0.717, 1.165) is 77.1 Å². The molecule has 0 saturated heterocycles. The Morgan fingerprint density at radius 2 is 1.68 bits per heavy atom. The molecule has 60 heavy (non-hydrogen) atoms. The van der Waals surface area contributed by atoms with Crippen LogP contribution in [0.25, 0.3) is 5.57 Å². The molecular weight excluding hydrogens is 853 g/mol. The summed E-state index contributed by atoms with van der Waals surface area (Å²) in [4.78, 5) is 1.67. The zero-order valence-electron chi connectivity index (χ0n) is 34.2. The largest absolute Gasteiger partial charge is 0.380 e. The van der Waals surface area contributed by atoms with Gasteiger partial charge in [-0.2, -0.15) is 25.6 Å². The van der Waals surface area contributed by atoms with Gasteiger partial charge >= 0.3 is 11.4 Å². The number of hydrogen-bond acceptors (Lipinski definition) is 11. The highest BCUT2D eigenvalue weighted by atomic mass is 32.2. The SMILES string of the molecule is CCCCCc1ccccc1C(C=CC1=[N+](CCCSOOO)c2ccc(OS(=O)O)cc2C1(C)C)=CC=C1N(CCCS(=O)(=O)O)c2ccc(S(=O)(=O)O)cc2C1(C)C. The number of benzene rings is 3. The lowest BCUT2D eigenvalue weighted by Gasteiger charge is -2.27. The molecule has 2 aliphatic rings. The first-order chi connectivity index (χ1) is 28.3. The predicted octanol–water partition coefficient (Wildman–Crippen LogP) is 8.62. The summed E-state index contributed by atoms with van der Waals surface area (Å²) in [6, 6.07) is 17.8. The molecule has 14 nitrogen and oxygen atoms in total. The maximum absolute atomic E-state index is 12.2. The van der Waals surface area contributed by atoms with Crippen LogP contribution in [0.2, 0.25) is 0 Å². The molecule has 4 N–H and O–H groups in total. The predicted molar refractivity (Wildman–Crippen MR) is 235 cm³/mol. The molecule has 0 spiro atoms. The van der Waals surface area contributed by atoms with Crippen molar-refractivity contribution >= 4 is 66.3 Å². The maximum Gasteiger partial charge on any atom is 0.357 e. The zero-order valence-corrected chi connectivity index (χ0v) is 37.5. The lowest BCUT2D eigenvalue weighted by molar-refractivity contribution is -0.438. The number of aryl methyl sites for hydroxylation is 1. The van der Waals surface area contributed by atoms with E-state index in [0.29, 0.717) is 30.0 Å². The highest BCUT2D eigenvalue weighted by molar-refractivity contribution is 7.94. The fourth-order valence-corrected chi connectivity index (χ4v) is 9.61. The molecule has 0 radical (unpaired) electrons. The van der Waals surface area contributed by atoms with E-state index in [4.69, 9.17) is 9.44 Å². The molecule has 5 rings (SSSR count). The Balaban J connectivity index is 1.68. The standard InChI is InChI=1S/C42H52N2O12S4/c1-6-7-8-13-30-14-9-10-15-34(30)31(16-22-39-41(2,3)35-28-32(54-58(46)47)18-20-37(35)43(39)24-11-26-57-56-55-45)17-23-40-42(4,5)36-29-33(60(51,52)53)19-21-38(36)44(40)25-12-27-59(48,49)50/h9-10,14-23,28-29H,6-8,11-13,24-27H2,1-5H3,(H3-,45,46,47,48,49,50,51,52,53)/p+1. The van der Waals surface area contributed by atoms with Gasteiger partial charge in [0.15, 0.2) is 5.71 Å². The van der Waals surface area contributed by atoms with Gasteiger partial charge in [-0.25, -0.2) is 5.26 Å². The summed E-state index contributed by atoms with van der Waals surface area (Å²) in [6.45, 7) is 10.9. The number of fused-ring (bicyclic) bond motifs is 2. The summed E-state index contributed by atoms with van der Waals surface area (Å²) >= 11 is -1.55. The number of unbranched alkanes of at least 4 members (excludes halogenated alkanes) is 2. The van der Waals surface area contributed by atoms with Gasteiger partial charge in [0.25, 0.3) is 20.2 Å². The van der Waals surface area contributed by atoms with E-state index in [9.17, 15) is 34.7 Å². The topological polar surface area (TPSA) is 200 Å². The van der Waals surface area contributed by atoms with Crippen LogP contribution in [0.15, 0.2) is 95.6 Å². The van der Waals surface area contributed by atoms with Gasteiger partial charge in [-0.1, -0.05) is 69.0 Å². The Labute approximate surface area is 359 Å². The van der Waals surface area contributed by atoms with E-state index in [1.165, 1.54) is 12.1 Å². The first-order valence-corrected chi connectivity index (χ1v) is 24.5. The van der Waals surface area contributed by atoms with Gasteiger partial charge in [-0.15, -0.1) is 4.33 Å². The summed E-state index contributed by atoms with van der Waals surface area (Å²) in [5.41, 5.74) is 6.34. The highest BCUT2D eigenvalue weighted by Gasteiger charge is 2.45. The quantitative estimate of drug-likeness (QED) is 0.0116. The lowest BCUT2D eigenvalue weighted by Crippen LogP contribution is -2.28. The molecule has 0 aliphatic carbocycles. The summed E-state index contributed by atoms with van der Waals surface area (Å²) < 4.78 is 100. The molecule has 0 amide bonds. The first kappa shape index (κ1) is 47.4. The fraction of sp³-hybridized carbons (Fsp3) is 0.405. The van der Waals surface area contributed by atoms with E-state index in [1.54, 1.807) is 18.2 Å². The number of anilines is 1. The van der Waals surface area contributed by atoms with Crippen molar-refractivity contribution in [3.63, 3.8) is 0 Å². The first-order valence-electron chi connectivity index (χ1n) is 19.5. The third-order valence-electron chi connectivity index (χ3n) is 10.9. The Morgan fingerprint density at radius 3 is 2.37 bits per heavy atom. The number of hydrogen-bond donors (Lipinski definition) is 4. The van der Waals surface area contributed by atoms with Crippen molar-refractivity contribution in [2.24, 2.45) is 0 Å². The number of allylic oxidation sites excluding steroid dienone is 6. The Bertz CT molecular complexity index is 2420. The van der Waals surface area contributed by atoms with Crippen molar-refractivity contribution in [3.05, 3.63) is 113 Å². The number of nitrogens with zero attached hydrogens (tertiary/aromatic N) is 2. The molecule has 2 heterocycles. The molecule has 1 atom stereocenters. The van der Waals surface area contributed by atoms with Gasteiger partial charge in [0.05, 0.1) is 16.1 Å². The molecule has 0 fully saturated rings. The van der Waals surface area contributed by atoms with Gasteiger partial charge in [0.1, 0.15) is 12.3 Å². The fourth-order valence-electron chi connectivity index (χ4n) is 7.99. The second-order valence-corrected chi connectivity index (χ2v) is 20.0. The van der Waals surface area contributed by atoms with Crippen LogP contribution < -0.4 is 9.08 Å². The van der Waals surface area contributed by atoms with Crippen molar-refractivity contribution in [2.45, 2.75) is 88.9 Å². The summed E-state index contributed by atoms with van der Waals surface area (Å²) in [7, 11) is -8.77. The molecule has 0 saturated carbocycles. The molecule has 2 aliphatic heterocycles. The maximum atomic E-state index is 12.2. The Hall–Kier alpha value is -3.69. The normalized spacial score (nSPS) is 17.4. The average Bonchev–Trinajstić information content (AvgIpc) is 3.51. The Kier molecular flexibility index (Phi) is 15.8. The van der Waals surface area contributed by atoms with Crippen molar-refractivity contribution in [3.8, 4) is 5.75 Å². The minimum Gasteiger partial charge on any atom is -0.380 e. The highest BCUT2D eigenvalue weighted by Crippen LogP contribution is 2.49. The van der Waals surface area contributed by atoms with E-state index < -0.39 is 48.2 Å². The van der Waals surface area contributed by atoms with Crippen LogP contribution in [0.3, 0.4) is 0 Å². The average molecular weight is 906 g/mol. The van der Waals surface area contributed by atoms with Crippen LogP contribution in [0.4, 0.5) is 11.4 Å². The van der Waals surface area contributed by atoms with Crippen molar-refractivity contribution in [1.82, 2.24) is 0 Å². The second-order valence-electron chi connectivity index (χ2n) is 15.7. The van der Waals surface area contributed by atoms with Crippen molar-refractivity contribution in [2.75, 3.05) is 29.5 Å². The molecule has 3 aromatic carbocycles. The minimum absolute atomic E-state index is 0.0882. The monoisotopic (exact) mass is 905 g/mol. The molecule has 3 aromatic rings. The molecule has 0 aromatic heterocycles. The minimum atomic E-state index is -4.52. The molecule has 0 bridgehead atoms. The lowest BCUT2D eigenvalue weighted by atomic mass is 9.81. The molecule has 18 heteroatoms. The third kappa shape index (κ3) is 11.4. The third-order valence-corrected chi connectivity index (χ3v) is 13.5. The van der Waals surface area contributed by atoms with E-state index in [2.05, 4.69) is 59.0 Å².